The van der Waals surface area contributed by atoms with Crippen molar-refractivity contribution in [3.8, 4) is 11.4 Å². The molecule has 1 N–H and O–H groups in total. The van der Waals surface area contributed by atoms with Gasteiger partial charge in [0.2, 0.25) is 5.82 Å². The number of aromatic nitrogens is 2. The minimum Gasteiger partial charge on any atom is -0.334 e. The molecule has 1 unspecified atom stereocenters. The van der Waals surface area contributed by atoms with E-state index in [9.17, 15) is 13.6 Å². The normalized spacial score (nSPS) is 15.9. The molecule has 4 aromatic rings. The van der Waals surface area contributed by atoms with E-state index in [0.717, 1.165) is 11.1 Å². The number of aryl methyl sites for hydroxylation is 1. The van der Waals surface area contributed by atoms with Gasteiger partial charge in [0.15, 0.2) is 0 Å². The van der Waals surface area contributed by atoms with Crippen LogP contribution < -0.4 is 5.32 Å². The molecule has 0 aliphatic carbocycles. The van der Waals surface area contributed by atoms with Crippen molar-refractivity contribution in [2.75, 3.05) is 0 Å². The third-order valence-corrected chi connectivity index (χ3v) is 6.05. The van der Waals surface area contributed by atoms with Crippen molar-refractivity contribution < 1.29 is 18.1 Å². The number of nitrogens with zero attached hydrogens (tertiary/aromatic N) is 3. The average Bonchev–Trinajstić information content (AvgIpc) is 3.33. The number of carbonyl (C=O) groups excluding carboxylic acids is 1. The third kappa shape index (κ3) is 4.42. The van der Waals surface area contributed by atoms with Crippen LogP contribution in [0.3, 0.4) is 0 Å². The van der Waals surface area contributed by atoms with Crippen molar-refractivity contribution >= 4 is 11.6 Å². The molecule has 5 rings (SSSR count). The Morgan fingerprint density at radius 1 is 0.971 bits per heavy atom. The van der Waals surface area contributed by atoms with E-state index < -0.39 is 23.7 Å². The first-order chi connectivity index (χ1) is 16.9. The fourth-order valence-electron chi connectivity index (χ4n) is 4.10. The van der Waals surface area contributed by atoms with Crippen LogP contribution in [0.5, 0.6) is 0 Å². The van der Waals surface area contributed by atoms with Crippen molar-refractivity contribution in [1.29, 1.82) is 0 Å². The molecule has 1 aliphatic rings. The van der Waals surface area contributed by atoms with Gasteiger partial charge in [0.25, 0.3) is 5.89 Å². The molecule has 0 bridgehead atoms. The van der Waals surface area contributed by atoms with E-state index in [2.05, 4.69) is 15.5 Å². The fourth-order valence-corrected chi connectivity index (χ4v) is 4.10. The Balaban J connectivity index is 1.60. The molecule has 0 fully saturated rings. The Bertz CT molecular complexity index is 1410. The number of halogens is 2. The van der Waals surface area contributed by atoms with E-state index in [-0.39, 0.29) is 12.4 Å². The predicted molar refractivity (Wildman–Crippen MR) is 127 cm³/mol. The lowest BCUT2D eigenvalue weighted by molar-refractivity contribution is 0.202. The number of nitrogens with one attached hydrogen (secondary N) is 1. The summed E-state index contributed by atoms with van der Waals surface area (Å²) in [6.45, 7) is 3.76. The largest absolute Gasteiger partial charge is 0.334 e. The Morgan fingerprint density at radius 2 is 1.69 bits per heavy atom. The highest BCUT2D eigenvalue weighted by atomic mass is 19.1. The van der Waals surface area contributed by atoms with E-state index in [1.54, 1.807) is 37.3 Å². The molecule has 8 heteroatoms. The zero-order valence-electron chi connectivity index (χ0n) is 19.1. The molecule has 0 saturated heterocycles. The third-order valence-electron chi connectivity index (χ3n) is 6.05. The van der Waals surface area contributed by atoms with Crippen LogP contribution in [0.1, 0.15) is 35.5 Å². The minimum absolute atomic E-state index is 0.0168. The summed E-state index contributed by atoms with van der Waals surface area (Å²) in [5.74, 6) is -0.185. The van der Waals surface area contributed by atoms with Crippen LogP contribution in [-0.4, -0.2) is 21.1 Å². The highest BCUT2D eigenvalue weighted by molar-refractivity contribution is 5.86. The van der Waals surface area contributed by atoms with Crippen molar-refractivity contribution in [3.63, 3.8) is 0 Å². The fraction of sp³-hybridized carbons (Fsp3) is 0.148. The maximum Gasteiger partial charge on any atom is 0.322 e. The molecule has 3 aromatic carbocycles. The molecular weight excluding hydrogens is 450 g/mol. The van der Waals surface area contributed by atoms with E-state index in [1.807, 2.05) is 31.2 Å². The molecule has 6 nitrogen and oxygen atoms in total. The Kier molecular flexibility index (Phi) is 5.86. The SMILES string of the molecule is CC1=C(c2nc(-c3ccc(C)cc3)no2)C(c2ccc(F)cc2)NC(=O)N1Cc1ccccc1F. The summed E-state index contributed by atoms with van der Waals surface area (Å²) in [4.78, 5) is 19.2. The first-order valence-corrected chi connectivity index (χ1v) is 11.1. The second-order valence-corrected chi connectivity index (χ2v) is 8.40. The lowest BCUT2D eigenvalue weighted by atomic mass is 9.94. The van der Waals surface area contributed by atoms with Crippen molar-refractivity contribution in [3.05, 3.63) is 113 Å². The minimum atomic E-state index is -0.661. The van der Waals surface area contributed by atoms with Crippen molar-refractivity contribution in [1.82, 2.24) is 20.4 Å². The van der Waals surface area contributed by atoms with Gasteiger partial charge in [0.1, 0.15) is 11.6 Å². The first-order valence-electron chi connectivity index (χ1n) is 11.1. The molecule has 1 atom stereocenters. The summed E-state index contributed by atoms with van der Waals surface area (Å²) in [7, 11) is 0. The molecule has 176 valence electrons. The Hall–Kier alpha value is -4.33. The van der Waals surface area contributed by atoms with Crippen LogP contribution in [0.15, 0.2) is 83.0 Å². The van der Waals surface area contributed by atoms with Crippen molar-refractivity contribution in [2.45, 2.75) is 26.4 Å². The summed E-state index contributed by atoms with van der Waals surface area (Å²) in [5, 5.41) is 7.07. The molecule has 0 radical (unpaired) electrons. The molecule has 2 amide bonds. The van der Waals surface area contributed by atoms with E-state index in [0.29, 0.717) is 28.2 Å². The number of carbonyl (C=O) groups is 1. The molecule has 1 aliphatic heterocycles. The van der Waals surface area contributed by atoms with E-state index >= 15 is 0 Å². The topological polar surface area (TPSA) is 71.3 Å². The highest BCUT2D eigenvalue weighted by Gasteiger charge is 2.36. The summed E-state index contributed by atoms with van der Waals surface area (Å²) < 4.78 is 33.6. The molecule has 0 saturated carbocycles. The van der Waals surface area contributed by atoms with Gasteiger partial charge in [0, 0.05) is 16.8 Å². The number of hydrogen-bond donors (Lipinski definition) is 1. The molecule has 35 heavy (non-hydrogen) atoms. The van der Waals surface area contributed by atoms with E-state index in [1.165, 1.54) is 23.1 Å². The number of benzene rings is 3. The summed E-state index contributed by atoms with van der Waals surface area (Å²) in [5.41, 5.74) is 3.99. The first kappa shape index (κ1) is 22.5. The molecule has 2 heterocycles. The quantitative estimate of drug-likeness (QED) is 0.386. The van der Waals surface area contributed by atoms with Gasteiger partial charge in [0.05, 0.1) is 18.2 Å². The van der Waals surface area contributed by atoms with Gasteiger partial charge >= 0.3 is 6.03 Å². The Morgan fingerprint density at radius 3 is 2.40 bits per heavy atom. The van der Waals surface area contributed by atoms with Gasteiger partial charge in [-0.05, 0) is 37.6 Å². The van der Waals surface area contributed by atoms with Gasteiger partial charge in [-0.2, -0.15) is 4.98 Å². The number of urea groups is 1. The monoisotopic (exact) mass is 472 g/mol. The smallest absolute Gasteiger partial charge is 0.322 e. The van der Waals surface area contributed by atoms with Crippen LogP contribution in [0, 0.1) is 18.6 Å². The van der Waals surface area contributed by atoms with E-state index in [4.69, 9.17) is 4.52 Å². The summed E-state index contributed by atoms with van der Waals surface area (Å²) in [6.07, 6.45) is 0. The van der Waals surface area contributed by atoms with Crippen LogP contribution in [0.4, 0.5) is 13.6 Å². The summed E-state index contributed by atoms with van der Waals surface area (Å²) >= 11 is 0. The summed E-state index contributed by atoms with van der Waals surface area (Å²) in [6, 6.07) is 18.8. The van der Waals surface area contributed by atoms with Gasteiger partial charge in [-0.3, -0.25) is 4.90 Å². The van der Waals surface area contributed by atoms with Crippen LogP contribution in [0.25, 0.3) is 17.0 Å². The maximum absolute atomic E-state index is 14.4. The second kappa shape index (κ2) is 9.13. The molecule has 0 spiro atoms. The van der Waals surface area contributed by atoms with Crippen LogP contribution in [0.2, 0.25) is 0 Å². The zero-order valence-corrected chi connectivity index (χ0v) is 19.1. The van der Waals surface area contributed by atoms with Gasteiger partial charge in [-0.15, -0.1) is 0 Å². The highest BCUT2D eigenvalue weighted by Crippen LogP contribution is 2.38. The Labute approximate surface area is 200 Å². The zero-order chi connectivity index (χ0) is 24.5. The second-order valence-electron chi connectivity index (χ2n) is 8.40. The molecule has 1 aromatic heterocycles. The van der Waals surface area contributed by atoms with Gasteiger partial charge in [-0.25, -0.2) is 13.6 Å². The van der Waals surface area contributed by atoms with Crippen molar-refractivity contribution in [2.24, 2.45) is 0 Å². The van der Waals surface area contributed by atoms with Crippen LogP contribution in [-0.2, 0) is 6.54 Å². The number of allylic oxidation sites excluding steroid dienone is 1. The number of amides is 2. The van der Waals surface area contributed by atoms with Crippen LogP contribution >= 0.6 is 0 Å². The predicted octanol–water partition coefficient (Wildman–Crippen LogP) is 6.02. The molecular formula is C27H22F2N4O2. The van der Waals surface area contributed by atoms with Gasteiger partial charge in [-0.1, -0.05) is 65.3 Å². The lowest BCUT2D eigenvalue weighted by Crippen LogP contribution is -2.45. The standard InChI is InChI=1S/C27H22F2N4O2/c1-16-7-9-19(10-8-16)25-31-26(35-32-25)23-17(2)33(15-20-5-3-4-6-22(20)29)27(34)30-24(23)18-11-13-21(28)14-12-18/h3-14,24H,15H2,1-2H3,(H,30,34). The average molecular weight is 472 g/mol. The van der Waals surface area contributed by atoms with Gasteiger partial charge < -0.3 is 9.84 Å². The maximum atomic E-state index is 14.4. The number of hydrogen-bond acceptors (Lipinski definition) is 4. The number of rotatable bonds is 5. The lowest BCUT2D eigenvalue weighted by Gasteiger charge is -2.35.